The Balaban J connectivity index is 1.18. The fourth-order valence-corrected chi connectivity index (χ4v) is 3.93. The lowest BCUT2D eigenvalue weighted by Gasteiger charge is -2.25. The molecule has 0 saturated carbocycles. The van der Waals surface area contributed by atoms with Gasteiger partial charge in [-0.25, -0.2) is 0 Å². The maximum absolute atomic E-state index is 12.2. The van der Waals surface area contributed by atoms with Crippen LogP contribution in [-0.4, -0.2) is 31.6 Å². The zero-order chi connectivity index (χ0) is 17.8. The third-order valence-corrected chi connectivity index (χ3v) is 5.38. The van der Waals surface area contributed by atoms with E-state index in [4.69, 9.17) is 4.74 Å². The van der Waals surface area contributed by atoms with Crippen molar-refractivity contribution in [1.82, 2.24) is 5.32 Å². The lowest BCUT2D eigenvalue weighted by molar-refractivity contribution is -0.122. The van der Waals surface area contributed by atoms with Crippen LogP contribution in [0.2, 0.25) is 0 Å². The summed E-state index contributed by atoms with van der Waals surface area (Å²) in [7, 11) is 0. The van der Waals surface area contributed by atoms with Gasteiger partial charge >= 0.3 is 0 Å². The fourth-order valence-electron chi connectivity index (χ4n) is 3.93. The fraction of sp³-hybridized carbons (Fsp3) is 0.409. The summed E-state index contributed by atoms with van der Waals surface area (Å²) in [5.74, 6) is 0.125. The lowest BCUT2D eigenvalue weighted by Crippen LogP contribution is -2.37. The molecule has 2 aliphatic heterocycles. The zero-order valence-electron chi connectivity index (χ0n) is 15.1. The molecule has 1 N–H and O–H groups in total. The van der Waals surface area contributed by atoms with Crippen molar-refractivity contribution in [3.8, 4) is 0 Å². The van der Waals surface area contributed by atoms with Gasteiger partial charge in [0.1, 0.15) is 0 Å². The van der Waals surface area contributed by atoms with Gasteiger partial charge in [-0.15, -0.1) is 0 Å². The van der Waals surface area contributed by atoms with E-state index in [0.29, 0.717) is 19.6 Å². The maximum Gasteiger partial charge on any atom is 0.220 e. The van der Waals surface area contributed by atoms with Crippen LogP contribution in [-0.2, 0) is 29.0 Å². The van der Waals surface area contributed by atoms with E-state index in [9.17, 15) is 4.79 Å². The Bertz CT molecular complexity index is 774. The number of carbonyl (C=O) groups excluding carboxylic acids is 1. The highest BCUT2D eigenvalue weighted by Crippen LogP contribution is 2.27. The normalized spacial score (nSPS) is 18.3. The Labute approximate surface area is 155 Å². The molecule has 4 nitrogen and oxygen atoms in total. The summed E-state index contributed by atoms with van der Waals surface area (Å²) < 4.78 is 5.86. The van der Waals surface area contributed by atoms with Gasteiger partial charge in [-0.3, -0.25) is 4.79 Å². The first-order chi connectivity index (χ1) is 12.8. The molecule has 4 rings (SSSR count). The molecule has 2 aliphatic rings. The maximum atomic E-state index is 12.2. The molecule has 1 atom stereocenters. The molecule has 0 spiro atoms. The van der Waals surface area contributed by atoms with Crippen molar-refractivity contribution in [2.45, 2.75) is 38.4 Å². The van der Waals surface area contributed by atoms with Crippen molar-refractivity contribution in [1.29, 1.82) is 0 Å². The highest BCUT2D eigenvalue weighted by molar-refractivity contribution is 5.76. The van der Waals surface area contributed by atoms with Gasteiger partial charge in [-0.05, 0) is 35.6 Å². The average Bonchev–Trinajstić information content (AvgIpc) is 3.09. The lowest BCUT2D eigenvalue weighted by atomic mass is 9.99. The van der Waals surface area contributed by atoms with E-state index in [1.807, 2.05) is 6.07 Å². The van der Waals surface area contributed by atoms with Crippen molar-refractivity contribution in [3.63, 3.8) is 0 Å². The third-order valence-electron chi connectivity index (χ3n) is 5.38. The van der Waals surface area contributed by atoms with E-state index >= 15 is 0 Å². The van der Waals surface area contributed by atoms with Gasteiger partial charge in [0.25, 0.3) is 0 Å². The largest absolute Gasteiger partial charge is 0.371 e. The predicted octanol–water partition coefficient (Wildman–Crippen LogP) is 3.09. The number of hydrogen-bond donors (Lipinski definition) is 1. The first-order valence-electron chi connectivity index (χ1n) is 9.57. The molecule has 2 aromatic carbocycles. The Morgan fingerprint density at radius 3 is 2.73 bits per heavy atom. The highest BCUT2D eigenvalue weighted by atomic mass is 16.5. The van der Waals surface area contributed by atoms with Crippen LogP contribution < -0.4 is 10.2 Å². The molecule has 0 unspecified atom stereocenters. The van der Waals surface area contributed by atoms with Crippen LogP contribution in [0.5, 0.6) is 0 Å². The summed E-state index contributed by atoms with van der Waals surface area (Å²) in [6.45, 7) is 3.25. The van der Waals surface area contributed by atoms with E-state index in [-0.39, 0.29) is 12.0 Å². The molecule has 0 radical (unpaired) electrons. The Morgan fingerprint density at radius 1 is 1.08 bits per heavy atom. The topological polar surface area (TPSA) is 41.6 Å². The molecular weight excluding hydrogens is 324 g/mol. The number of anilines is 1. The first kappa shape index (κ1) is 17.1. The van der Waals surface area contributed by atoms with Gasteiger partial charge in [-0.2, -0.15) is 0 Å². The van der Waals surface area contributed by atoms with Crippen LogP contribution in [0.15, 0.2) is 48.5 Å². The minimum Gasteiger partial charge on any atom is -0.371 e. The number of amides is 1. The van der Waals surface area contributed by atoms with Gasteiger partial charge in [0.2, 0.25) is 5.91 Å². The SMILES string of the molecule is O=C(CCCN1CCc2ccccc21)NC[C@@H]1Cc2ccccc2CO1. The van der Waals surface area contributed by atoms with Crippen molar-refractivity contribution in [2.75, 3.05) is 24.5 Å². The number of para-hydroxylation sites is 1. The summed E-state index contributed by atoms with van der Waals surface area (Å²) >= 11 is 0. The van der Waals surface area contributed by atoms with E-state index in [1.165, 1.54) is 22.4 Å². The van der Waals surface area contributed by atoms with Gasteiger partial charge in [0.05, 0.1) is 12.7 Å². The van der Waals surface area contributed by atoms with Crippen molar-refractivity contribution in [3.05, 3.63) is 65.2 Å². The van der Waals surface area contributed by atoms with Crippen molar-refractivity contribution < 1.29 is 9.53 Å². The molecule has 0 fully saturated rings. The number of nitrogens with one attached hydrogen (secondary N) is 1. The molecule has 26 heavy (non-hydrogen) atoms. The average molecular weight is 350 g/mol. The number of fused-ring (bicyclic) bond motifs is 2. The Hall–Kier alpha value is -2.33. The Kier molecular flexibility index (Phi) is 5.21. The standard InChI is InChI=1S/C22H26N2O2/c25-22(10-5-12-24-13-11-17-6-3-4-9-21(17)24)23-15-20-14-18-7-1-2-8-19(18)16-26-20/h1-4,6-9,20H,5,10-16H2,(H,23,25)/t20-/m0/s1. The molecule has 2 aromatic rings. The molecule has 4 heteroatoms. The number of carbonyl (C=O) groups is 1. The quantitative estimate of drug-likeness (QED) is 0.870. The van der Waals surface area contributed by atoms with Crippen LogP contribution in [0.25, 0.3) is 0 Å². The zero-order valence-corrected chi connectivity index (χ0v) is 15.1. The summed E-state index contributed by atoms with van der Waals surface area (Å²) in [5.41, 5.74) is 5.36. The first-order valence-corrected chi connectivity index (χ1v) is 9.57. The number of ether oxygens (including phenoxy) is 1. The molecule has 2 heterocycles. The van der Waals surface area contributed by atoms with Gasteiger partial charge in [0, 0.05) is 38.2 Å². The van der Waals surface area contributed by atoms with Gasteiger partial charge in [0.15, 0.2) is 0 Å². The smallest absolute Gasteiger partial charge is 0.220 e. The molecular formula is C22H26N2O2. The molecule has 136 valence electrons. The summed E-state index contributed by atoms with van der Waals surface area (Å²) in [5, 5.41) is 3.05. The van der Waals surface area contributed by atoms with E-state index < -0.39 is 0 Å². The number of nitrogens with zero attached hydrogens (tertiary/aromatic N) is 1. The molecule has 0 saturated heterocycles. The van der Waals surface area contributed by atoms with Crippen LogP contribution in [0.1, 0.15) is 29.5 Å². The third kappa shape index (κ3) is 3.91. The Morgan fingerprint density at radius 2 is 1.85 bits per heavy atom. The molecule has 0 bridgehead atoms. The van der Waals surface area contributed by atoms with Crippen molar-refractivity contribution >= 4 is 11.6 Å². The second kappa shape index (κ2) is 7.92. The second-order valence-corrected chi connectivity index (χ2v) is 7.18. The minimum absolute atomic E-state index is 0.0827. The summed E-state index contributed by atoms with van der Waals surface area (Å²) in [6.07, 6.45) is 3.53. The van der Waals surface area contributed by atoms with Crippen LogP contribution in [0, 0.1) is 0 Å². The van der Waals surface area contributed by atoms with E-state index in [2.05, 4.69) is 52.7 Å². The van der Waals surface area contributed by atoms with E-state index in [1.54, 1.807) is 0 Å². The van der Waals surface area contributed by atoms with Crippen LogP contribution in [0.3, 0.4) is 0 Å². The van der Waals surface area contributed by atoms with Crippen LogP contribution in [0.4, 0.5) is 5.69 Å². The minimum atomic E-state index is 0.0827. The monoisotopic (exact) mass is 350 g/mol. The summed E-state index contributed by atoms with van der Waals surface area (Å²) in [4.78, 5) is 14.6. The van der Waals surface area contributed by atoms with Gasteiger partial charge < -0.3 is 15.0 Å². The number of rotatable bonds is 6. The summed E-state index contributed by atoms with van der Waals surface area (Å²) in [6, 6.07) is 16.9. The number of benzene rings is 2. The molecule has 0 aromatic heterocycles. The number of hydrogen-bond acceptors (Lipinski definition) is 3. The van der Waals surface area contributed by atoms with E-state index in [0.717, 1.165) is 32.4 Å². The second-order valence-electron chi connectivity index (χ2n) is 7.18. The molecule has 1 amide bonds. The van der Waals surface area contributed by atoms with Gasteiger partial charge in [-0.1, -0.05) is 42.5 Å². The van der Waals surface area contributed by atoms with Crippen LogP contribution >= 0.6 is 0 Å². The molecule has 0 aliphatic carbocycles. The highest BCUT2D eigenvalue weighted by Gasteiger charge is 2.20. The van der Waals surface area contributed by atoms with Crippen molar-refractivity contribution in [2.24, 2.45) is 0 Å². The predicted molar refractivity (Wildman–Crippen MR) is 103 cm³/mol.